The molecule has 0 bridgehead atoms. The van der Waals surface area contributed by atoms with Gasteiger partial charge in [-0.1, -0.05) is 13.0 Å². The van der Waals surface area contributed by atoms with Crippen molar-refractivity contribution in [2.24, 2.45) is 0 Å². The third kappa shape index (κ3) is 1.74. The van der Waals surface area contributed by atoms with E-state index >= 15 is 0 Å². The number of fused-ring (bicyclic) bond motifs is 1. The Balaban J connectivity index is 2.83. The first-order chi connectivity index (χ1) is 6.22. The van der Waals surface area contributed by atoms with Gasteiger partial charge in [0.1, 0.15) is 0 Å². The second-order valence-corrected chi connectivity index (χ2v) is 5.89. The Kier molecular flexibility index (Phi) is 2.86. The van der Waals surface area contributed by atoms with Crippen LogP contribution in [0.2, 0.25) is 0 Å². The maximum absolute atomic E-state index is 4.39. The van der Waals surface area contributed by atoms with E-state index in [0.29, 0.717) is 0 Å². The van der Waals surface area contributed by atoms with Crippen molar-refractivity contribution in [2.45, 2.75) is 17.6 Å². The fourth-order valence-electron chi connectivity index (χ4n) is 1.44. The van der Waals surface area contributed by atoms with E-state index in [2.05, 4.69) is 60.3 Å². The predicted octanol–water partition coefficient (Wildman–Crippen LogP) is 4.36. The molecule has 0 aliphatic rings. The SMILES string of the molecule is CCc1ccc(I)c2sc(S)cc12. The quantitative estimate of drug-likeness (QED) is 0.586. The largest absolute Gasteiger partial charge is 0.133 e. The average molecular weight is 320 g/mol. The molecule has 0 saturated heterocycles. The summed E-state index contributed by atoms with van der Waals surface area (Å²) >= 11 is 8.54. The first-order valence-electron chi connectivity index (χ1n) is 4.12. The fourth-order valence-corrected chi connectivity index (χ4v) is 3.50. The van der Waals surface area contributed by atoms with Gasteiger partial charge in [-0.15, -0.1) is 24.0 Å². The molecule has 2 aromatic rings. The summed E-state index contributed by atoms with van der Waals surface area (Å²) in [6, 6.07) is 6.57. The van der Waals surface area contributed by atoms with Crippen LogP contribution in [0.15, 0.2) is 22.4 Å². The van der Waals surface area contributed by atoms with Crippen LogP contribution in [0, 0.1) is 3.57 Å². The Morgan fingerprint density at radius 3 is 2.92 bits per heavy atom. The highest BCUT2D eigenvalue weighted by atomic mass is 127. The van der Waals surface area contributed by atoms with E-state index in [4.69, 9.17) is 0 Å². The van der Waals surface area contributed by atoms with Crippen molar-refractivity contribution in [2.75, 3.05) is 0 Å². The average Bonchev–Trinajstić information content (AvgIpc) is 2.48. The topological polar surface area (TPSA) is 0 Å². The molecular formula is C10H9IS2. The lowest BCUT2D eigenvalue weighted by Gasteiger charge is -1.99. The highest BCUT2D eigenvalue weighted by Gasteiger charge is 2.06. The summed E-state index contributed by atoms with van der Waals surface area (Å²) < 4.78 is 3.81. The summed E-state index contributed by atoms with van der Waals surface area (Å²) in [6.07, 6.45) is 1.09. The smallest absolute Gasteiger partial charge is 0.0581 e. The molecule has 0 aliphatic heterocycles. The first-order valence-corrected chi connectivity index (χ1v) is 6.46. The van der Waals surface area contributed by atoms with Crippen molar-refractivity contribution in [1.29, 1.82) is 0 Å². The van der Waals surface area contributed by atoms with E-state index in [0.717, 1.165) is 10.6 Å². The van der Waals surface area contributed by atoms with Crippen molar-refractivity contribution in [3.05, 3.63) is 27.3 Å². The number of hydrogen-bond acceptors (Lipinski definition) is 2. The van der Waals surface area contributed by atoms with Crippen LogP contribution in [-0.2, 0) is 6.42 Å². The minimum Gasteiger partial charge on any atom is -0.133 e. The van der Waals surface area contributed by atoms with Crippen LogP contribution < -0.4 is 0 Å². The van der Waals surface area contributed by atoms with E-state index in [9.17, 15) is 0 Å². The van der Waals surface area contributed by atoms with Gasteiger partial charge < -0.3 is 0 Å². The zero-order valence-electron chi connectivity index (χ0n) is 7.17. The molecule has 68 valence electrons. The van der Waals surface area contributed by atoms with Gasteiger partial charge in [-0.25, -0.2) is 0 Å². The molecule has 0 atom stereocenters. The van der Waals surface area contributed by atoms with Gasteiger partial charge in [0.05, 0.1) is 4.21 Å². The minimum absolute atomic E-state index is 1.09. The molecule has 0 amide bonds. The van der Waals surface area contributed by atoms with E-state index in [1.807, 2.05) is 0 Å². The van der Waals surface area contributed by atoms with Crippen LogP contribution >= 0.6 is 46.6 Å². The Morgan fingerprint density at radius 2 is 2.23 bits per heavy atom. The molecule has 1 aromatic heterocycles. The molecule has 0 fully saturated rings. The van der Waals surface area contributed by atoms with Crippen molar-refractivity contribution in [1.82, 2.24) is 0 Å². The Bertz CT molecular complexity index is 445. The van der Waals surface area contributed by atoms with Crippen molar-refractivity contribution in [3.8, 4) is 0 Å². The Labute approximate surface area is 101 Å². The van der Waals surface area contributed by atoms with Gasteiger partial charge in [0, 0.05) is 8.27 Å². The molecule has 2 rings (SSSR count). The number of aryl methyl sites for hydroxylation is 1. The second-order valence-electron chi connectivity index (χ2n) is 2.89. The van der Waals surface area contributed by atoms with Gasteiger partial charge in [0.2, 0.25) is 0 Å². The molecule has 3 heteroatoms. The molecule has 1 heterocycles. The van der Waals surface area contributed by atoms with Gasteiger partial charge in [-0.05, 0) is 52.1 Å². The first kappa shape index (κ1) is 9.80. The molecule has 13 heavy (non-hydrogen) atoms. The number of thiophene rings is 1. The normalized spacial score (nSPS) is 11.0. The molecule has 0 nitrogen and oxygen atoms in total. The van der Waals surface area contributed by atoms with Gasteiger partial charge in [-0.2, -0.15) is 0 Å². The zero-order valence-corrected chi connectivity index (χ0v) is 11.0. The third-order valence-corrected chi connectivity index (χ3v) is 4.73. The summed E-state index contributed by atoms with van der Waals surface area (Å²) in [5, 5.41) is 1.38. The van der Waals surface area contributed by atoms with E-state index < -0.39 is 0 Å². The third-order valence-electron chi connectivity index (χ3n) is 2.09. The lowest BCUT2D eigenvalue weighted by atomic mass is 10.1. The maximum Gasteiger partial charge on any atom is 0.0581 e. The molecule has 0 aliphatic carbocycles. The molecular weight excluding hydrogens is 311 g/mol. The number of hydrogen-bond donors (Lipinski definition) is 1. The van der Waals surface area contributed by atoms with Crippen LogP contribution in [0.25, 0.3) is 10.1 Å². The number of rotatable bonds is 1. The number of thiol groups is 1. The summed E-state index contributed by atoms with van der Waals surface area (Å²) in [5.74, 6) is 0. The summed E-state index contributed by atoms with van der Waals surface area (Å²) in [4.78, 5) is 0. The Hall–Kier alpha value is 0.260. The molecule has 0 N–H and O–H groups in total. The molecule has 0 radical (unpaired) electrons. The van der Waals surface area contributed by atoms with Crippen LogP contribution in [0.3, 0.4) is 0 Å². The molecule has 0 saturated carbocycles. The van der Waals surface area contributed by atoms with Gasteiger partial charge in [0.15, 0.2) is 0 Å². The molecule has 0 spiro atoms. The number of benzene rings is 1. The molecule has 1 aromatic carbocycles. The van der Waals surface area contributed by atoms with Crippen molar-refractivity contribution >= 4 is 56.6 Å². The lowest BCUT2D eigenvalue weighted by molar-refractivity contribution is 1.16. The van der Waals surface area contributed by atoms with E-state index in [1.165, 1.54) is 19.2 Å². The van der Waals surface area contributed by atoms with Crippen LogP contribution in [0.5, 0.6) is 0 Å². The fraction of sp³-hybridized carbons (Fsp3) is 0.200. The minimum atomic E-state index is 1.09. The highest BCUT2D eigenvalue weighted by molar-refractivity contribution is 14.1. The van der Waals surface area contributed by atoms with Crippen LogP contribution in [0.4, 0.5) is 0 Å². The van der Waals surface area contributed by atoms with Gasteiger partial charge in [-0.3, -0.25) is 0 Å². The van der Waals surface area contributed by atoms with Crippen molar-refractivity contribution in [3.63, 3.8) is 0 Å². The van der Waals surface area contributed by atoms with Gasteiger partial charge >= 0.3 is 0 Å². The van der Waals surface area contributed by atoms with Crippen LogP contribution in [0.1, 0.15) is 12.5 Å². The molecule has 0 unspecified atom stereocenters. The van der Waals surface area contributed by atoms with Crippen LogP contribution in [-0.4, -0.2) is 0 Å². The maximum atomic E-state index is 4.39. The zero-order chi connectivity index (χ0) is 9.42. The summed E-state index contributed by atoms with van der Waals surface area (Å²) in [5.41, 5.74) is 1.42. The summed E-state index contributed by atoms with van der Waals surface area (Å²) in [7, 11) is 0. The lowest BCUT2D eigenvalue weighted by Crippen LogP contribution is -1.81. The van der Waals surface area contributed by atoms with Gasteiger partial charge in [0.25, 0.3) is 0 Å². The summed E-state index contributed by atoms with van der Waals surface area (Å²) in [6.45, 7) is 2.19. The van der Waals surface area contributed by atoms with E-state index in [-0.39, 0.29) is 0 Å². The standard InChI is InChI=1S/C10H9IS2/c1-2-6-3-4-8(11)10-7(6)5-9(12)13-10/h3-5,12H,2H2,1H3. The van der Waals surface area contributed by atoms with Crippen molar-refractivity contribution < 1.29 is 0 Å². The Morgan fingerprint density at radius 1 is 1.46 bits per heavy atom. The monoisotopic (exact) mass is 320 g/mol. The predicted molar refractivity (Wildman–Crippen MR) is 71.2 cm³/mol. The van der Waals surface area contributed by atoms with E-state index in [1.54, 1.807) is 11.3 Å². The second kappa shape index (κ2) is 3.79. The highest BCUT2D eigenvalue weighted by Crippen LogP contribution is 2.34. The number of halogens is 1.